The summed E-state index contributed by atoms with van der Waals surface area (Å²) >= 11 is 6.18. The quantitative estimate of drug-likeness (QED) is 0.541. The molecule has 1 amide bonds. The third-order valence-corrected chi connectivity index (χ3v) is 6.13. The Bertz CT molecular complexity index is 1200. The van der Waals surface area contributed by atoms with Crippen molar-refractivity contribution in [3.8, 4) is 0 Å². The minimum Gasteiger partial charge on any atom is -0.478 e. The molecule has 33 heavy (non-hydrogen) atoms. The molecule has 0 bridgehead atoms. The highest BCUT2D eigenvalue weighted by molar-refractivity contribution is 6.30. The SMILES string of the molecule is Cc1cccc(C(=O)Nc2ccc(N3CCN(c4cc(Cl)ccc4C)CC3)c(C(=O)O)c2)c1. The number of anilines is 3. The number of carboxylic acids is 1. The summed E-state index contributed by atoms with van der Waals surface area (Å²) < 4.78 is 0. The van der Waals surface area contributed by atoms with Gasteiger partial charge in [-0.2, -0.15) is 0 Å². The van der Waals surface area contributed by atoms with E-state index >= 15 is 0 Å². The average Bonchev–Trinajstić information content (AvgIpc) is 2.81. The van der Waals surface area contributed by atoms with Crippen LogP contribution in [0.1, 0.15) is 31.8 Å². The van der Waals surface area contributed by atoms with Crippen LogP contribution in [0.15, 0.2) is 60.7 Å². The van der Waals surface area contributed by atoms with Crippen LogP contribution < -0.4 is 15.1 Å². The van der Waals surface area contributed by atoms with E-state index in [2.05, 4.69) is 22.0 Å². The van der Waals surface area contributed by atoms with Crippen LogP contribution in [-0.4, -0.2) is 43.2 Å². The number of carbonyl (C=O) groups excluding carboxylic acids is 1. The molecule has 1 heterocycles. The molecule has 0 unspecified atom stereocenters. The van der Waals surface area contributed by atoms with E-state index in [4.69, 9.17) is 11.6 Å². The van der Waals surface area contributed by atoms with Crippen LogP contribution in [0.2, 0.25) is 5.02 Å². The molecule has 4 rings (SSSR count). The first-order valence-electron chi connectivity index (χ1n) is 10.8. The molecule has 0 spiro atoms. The maximum atomic E-state index is 12.6. The van der Waals surface area contributed by atoms with Crippen molar-refractivity contribution in [3.05, 3.63) is 87.9 Å². The van der Waals surface area contributed by atoms with Gasteiger partial charge >= 0.3 is 5.97 Å². The number of nitrogens with zero attached hydrogens (tertiary/aromatic N) is 2. The van der Waals surface area contributed by atoms with Crippen LogP contribution in [-0.2, 0) is 0 Å². The van der Waals surface area contributed by atoms with Gasteiger partial charge in [0, 0.05) is 48.1 Å². The van der Waals surface area contributed by atoms with Gasteiger partial charge in [0.25, 0.3) is 5.91 Å². The topological polar surface area (TPSA) is 72.9 Å². The zero-order valence-corrected chi connectivity index (χ0v) is 19.4. The molecule has 7 heteroatoms. The number of carbonyl (C=O) groups is 2. The highest BCUT2D eigenvalue weighted by Gasteiger charge is 2.23. The lowest BCUT2D eigenvalue weighted by Crippen LogP contribution is -2.47. The summed E-state index contributed by atoms with van der Waals surface area (Å²) in [5.74, 6) is -1.29. The summed E-state index contributed by atoms with van der Waals surface area (Å²) in [5, 5.41) is 13.4. The summed E-state index contributed by atoms with van der Waals surface area (Å²) in [6, 6.07) is 18.2. The standard InChI is InChI=1S/C26H26ClN3O3/c1-17-4-3-5-19(14-17)25(31)28-21-8-9-23(22(16-21)26(32)33)29-10-12-30(13-11-29)24-15-20(27)7-6-18(24)2/h3-9,14-16H,10-13H2,1-2H3,(H,28,31)(H,32,33). The predicted molar refractivity (Wildman–Crippen MR) is 133 cm³/mol. The molecule has 1 aliphatic rings. The number of aromatic carboxylic acids is 1. The fourth-order valence-corrected chi connectivity index (χ4v) is 4.33. The number of aryl methyl sites for hydroxylation is 2. The second-order valence-corrected chi connectivity index (χ2v) is 8.70. The van der Waals surface area contributed by atoms with Crippen LogP contribution in [0, 0.1) is 13.8 Å². The highest BCUT2D eigenvalue weighted by Crippen LogP contribution is 2.29. The minimum absolute atomic E-state index is 0.171. The molecule has 6 nitrogen and oxygen atoms in total. The van der Waals surface area contributed by atoms with E-state index in [1.54, 1.807) is 24.3 Å². The second-order valence-electron chi connectivity index (χ2n) is 8.27. The van der Waals surface area contributed by atoms with Crippen LogP contribution in [0.25, 0.3) is 0 Å². The predicted octanol–water partition coefficient (Wildman–Crippen LogP) is 5.23. The van der Waals surface area contributed by atoms with Crippen molar-refractivity contribution in [1.29, 1.82) is 0 Å². The van der Waals surface area contributed by atoms with Gasteiger partial charge in [0.2, 0.25) is 0 Å². The number of carboxylic acid groups (broad SMARTS) is 1. The molecule has 1 saturated heterocycles. The zero-order chi connectivity index (χ0) is 23.5. The summed E-state index contributed by atoms with van der Waals surface area (Å²) in [7, 11) is 0. The van der Waals surface area contributed by atoms with Gasteiger partial charge in [-0.25, -0.2) is 4.79 Å². The van der Waals surface area contributed by atoms with Gasteiger partial charge in [0.1, 0.15) is 0 Å². The van der Waals surface area contributed by atoms with E-state index in [-0.39, 0.29) is 11.5 Å². The van der Waals surface area contributed by atoms with E-state index in [1.165, 1.54) is 6.07 Å². The lowest BCUT2D eigenvalue weighted by atomic mass is 10.1. The van der Waals surface area contributed by atoms with Crippen molar-refractivity contribution in [2.45, 2.75) is 13.8 Å². The van der Waals surface area contributed by atoms with Crippen LogP contribution in [0.4, 0.5) is 17.1 Å². The van der Waals surface area contributed by atoms with E-state index in [1.807, 2.05) is 37.3 Å². The number of piperazine rings is 1. The fourth-order valence-electron chi connectivity index (χ4n) is 4.16. The molecule has 3 aromatic carbocycles. The molecule has 1 fully saturated rings. The van der Waals surface area contributed by atoms with Crippen LogP contribution in [0.3, 0.4) is 0 Å². The van der Waals surface area contributed by atoms with Gasteiger partial charge in [-0.1, -0.05) is 35.4 Å². The van der Waals surface area contributed by atoms with Gasteiger partial charge in [-0.3, -0.25) is 4.79 Å². The Morgan fingerprint density at radius 3 is 2.24 bits per heavy atom. The molecule has 3 aromatic rings. The number of benzene rings is 3. The van der Waals surface area contributed by atoms with Gasteiger partial charge < -0.3 is 20.2 Å². The Kier molecular flexibility index (Phi) is 6.56. The molecular formula is C26H26ClN3O3. The van der Waals surface area contributed by atoms with Gasteiger partial charge in [-0.05, 0) is 61.9 Å². The van der Waals surface area contributed by atoms with E-state index in [9.17, 15) is 14.7 Å². The molecule has 0 atom stereocenters. The molecule has 0 aliphatic carbocycles. The van der Waals surface area contributed by atoms with Gasteiger partial charge in [0.15, 0.2) is 0 Å². The monoisotopic (exact) mass is 463 g/mol. The molecule has 2 N–H and O–H groups in total. The first kappa shape index (κ1) is 22.7. The van der Waals surface area contributed by atoms with Crippen molar-refractivity contribution in [1.82, 2.24) is 0 Å². The molecular weight excluding hydrogens is 438 g/mol. The smallest absolute Gasteiger partial charge is 0.337 e. The Morgan fingerprint density at radius 1 is 0.879 bits per heavy atom. The van der Waals surface area contributed by atoms with Crippen molar-refractivity contribution in [2.24, 2.45) is 0 Å². The minimum atomic E-state index is -1.02. The van der Waals surface area contributed by atoms with Gasteiger partial charge in [0.05, 0.1) is 11.3 Å². The van der Waals surface area contributed by atoms with Crippen molar-refractivity contribution in [3.63, 3.8) is 0 Å². The number of hydrogen-bond acceptors (Lipinski definition) is 4. The first-order valence-corrected chi connectivity index (χ1v) is 11.2. The summed E-state index contributed by atoms with van der Waals surface area (Å²) in [6.45, 7) is 6.85. The van der Waals surface area contributed by atoms with Crippen LogP contribution in [0.5, 0.6) is 0 Å². The Balaban J connectivity index is 1.50. The van der Waals surface area contributed by atoms with E-state index < -0.39 is 5.97 Å². The van der Waals surface area contributed by atoms with E-state index in [0.29, 0.717) is 35.1 Å². The largest absolute Gasteiger partial charge is 0.478 e. The van der Waals surface area contributed by atoms with Crippen molar-refractivity contribution >= 4 is 40.5 Å². The maximum Gasteiger partial charge on any atom is 0.337 e. The van der Waals surface area contributed by atoms with E-state index in [0.717, 1.165) is 29.9 Å². The average molecular weight is 464 g/mol. The first-order chi connectivity index (χ1) is 15.8. The third kappa shape index (κ3) is 5.12. The molecule has 170 valence electrons. The summed E-state index contributed by atoms with van der Waals surface area (Å²) in [5.41, 5.74) is 5.06. The number of amides is 1. The second kappa shape index (κ2) is 9.55. The number of hydrogen-bond donors (Lipinski definition) is 2. The number of halogens is 1. The Morgan fingerprint density at radius 2 is 1.58 bits per heavy atom. The summed E-state index contributed by atoms with van der Waals surface area (Å²) in [4.78, 5) is 28.9. The Labute approximate surface area is 198 Å². The maximum absolute atomic E-state index is 12.6. The third-order valence-electron chi connectivity index (χ3n) is 5.90. The van der Waals surface area contributed by atoms with Crippen molar-refractivity contribution in [2.75, 3.05) is 41.3 Å². The van der Waals surface area contributed by atoms with Crippen molar-refractivity contribution < 1.29 is 14.7 Å². The Hall–Kier alpha value is -3.51. The fraction of sp³-hybridized carbons (Fsp3) is 0.231. The lowest BCUT2D eigenvalue weighted by molar-refractivity contribution is 0.0697. The molecule has 0 aromatic heterocycles. The zero-order valence-electron chi connectivity index (χ0n) is 18.6. The van der Waals surface area contributed by atoms with Crippen LogP contribution >= 0.6 is 11.6 Å². The molecule has 0 saturated carbocycles. The molecule has 1 aliphatic heterocycles. The molecule has 0 radical (unpaired) electrons. The highest BCUT2D eigenvalue weighted by atomic mass is 35.5. The lowest BCUT2D eigenvalue weighted by Gasteiger charge is -2.38. The number of rotatable bonds is 5. The van der Waals surface area contributed by atoms with Gasteiger partial charge in [-0.15, -0.1) is 0 Å². The summed E-state index contributed by atoms with van der Waals surface area (Å²) in [6.07, 6.45) is 0. The number of nitrogens with one attached hydrogen (secondary N) is 1. The normalized spacial score (nSPS) is 13.7.